The number of aromatic nitrogens is 8. The average Bonchev–Trinajstić information content (AvgIpc) is 3.60. The van der Waals surface area contributed by atoms with Crippen molar-refractivity contribution in [3.63, 3.8) is 0 Å². The molecule has 0 unspecified atom stereocenters. The van der Waals surface area contributed by atoms with Crippen LogP contribution in [0.4, 0.5) is 50.9 Å². The minimum absolute atomic E-state index is 0. The largest absolute Gasteiger partial charge is 1.00 e. The Labute approximate surface area is 537 Å². The number of carboxylic acids is 3. The van der Waals surface area contributed by atoms with Gasteiger partial charge in [0, 0.05) is 49.6 Å². The van der Waals surface area contributed by atoms with Crippen LogP contribution in [0.25, 0.3) is 9.69 Å². The molecule has 0 aliphatic heterocycles. The Bertz CT molecular complexity index is 3950. The maximum absolute atomic E-state index is 13.0. The third-order valence-corrected chi connectivity index (χ3v) is 9.99. The number of methoxy groups -OCH3 is 2. The Morgan fingerprint density at radius 1 is 0.517 bits per heavy atom. The Hall–Kier alpha value is -9.30. The molecule has 89 heavy (non-hydrogen) atoms. The number of halogens is 15. The molecule has 0 saturated carbocycles. The number of aromatic amines is 1. The first kappa shape index (κ1) is 79.7. The molecule has 0 radical (unpaired) electrons. The summed E-state index contributed by atoms with van der Waals surface area (Å²) in [5.41, 5.74) is 1.04. The summed E-state index contributed by atoms with van der Waals surface area (Å²) >= 11 is 29.5. The molecule has 460 valence electrons. The molecule has 0 saturated heterocycles. The molecule has 5 N–H and O–H groups in total. The Morgan fingerprint density at radius 3 is 1.18 bits per heavy atom. The van der Waals surface area contributed by atoms with E-state index in [9.17, 15) is 78.2 Å². The second-order valence-corrected chi connectivity index (χ2v) is 17.3. The number of carbonyl (C=O) groups is 6. The molecule has 8 aromatic heterocycles. The van der Waals surface area contributed by atoms with Crippen LogP contribution in [0.3, 0.4) is 0 Å². The molecule has 0 bridgehead atoms. The molecule has 23 nitrogen and oxygen atoms in total. The van der Waals surface area contributed by atoms with Crippen molar-refractivity contribution < 1.29 is 112 Å². The third-order valence-electron chi connectivity index (χ3n) is 8.36. The molecule has 0 spiro atoms. The van der Waals surface area contributed by atoms with Crippen molar-refractivity contribution in [2.75, 3.05) is 14.2 Å². The monoisotopic (exact) mass is 1400 g/mol. The molecule has 1 amide bonds. The summed E-state index contributed by atoms with van der Waals surface area (Å²) in [6.07, 6.45) is 8.89. The van der Waals surface area contributed by atoms with E-state index in [4.69, 9.17) is 87.1 Å². The molecule has 39 heteroatoms. The van der Waals surface area contributed by atoms with Gasteiger partial charge in [-0.15, -0.1) is 0 Å². The van der Waals surface area contributed by atoms with E-state index in [-0.39, 0.29) is 66.2 Å². The summed E-state index contributed by atoms with van der Waals surface area (Å²) in [7, 11) is 2.28. The molecule has 0 atom stereocenters. The second kappa shape index (κ2) is 40.2. The van der Waals surface area contributed by atoms with Gasteiger partial charge in [-0.3, -0.25) is 24.5 Å². The Kier molecular flexibility index (Phi) is 36.0. The zero-order valence-electron chi connectivity index (χ0n) is 44.0. The zero-order valence-corrected chi connectivity index (χ0v) is 49.4. The number of carbonyl (C=O) groups excluding carboxylic acids is 4. The maximum atomic E-state index is 13.0. The zero-order chi connectivity index (χ0) is 67.1. The summed E-state index contributed by atoms with van der Waals surface area (Å²) < 4.78 is 121. The van der Waals surface area contributed by atoms with E-state index >= 15 is 0 Å². The van der Waals surface area contributed by atoms with Crippen molar-refractivity contribution in [2.45, 2.75) is 0 Å². The van der Waals surface area contributed by atoms with E-state index in [0.717, 1.165) is 87.7 Å². The van der Waals surface area contributed by atoms with Gasteiger partial charge in [0.05, 0.1) is 64.0 Å². The van der Waals surface area contributed by atoms with Crippen LogP contribution in [0.15, 0.2) is 108 Å². The molecule has 8 aromatic rings. The van der Waals surface area contributed by atoms with Crippen molar-refractivity contribution in [1.29, 1.82) is 0 Å². The summed E-state index contributed by atoms with van der Waals surface area (Å²) in [4.78, 5) is 104. The van der Waals surface area contributed by atoms with Gasteiger partial charge in [0.15, 0.2) is 57.7 Å². The smallest absolute Gasteiger partial charge is 0.543 e. The first-order chi connectivity index (χ1) is 41.2. The number of aromatic carboxylic acids is 3. The number of ether oxygens (including phenoxy) is 2. The van der Waals surface area contributed by atoms with Crippen LogP contribution < -0.4 is 35.3 Å². The van der Waals surface area contributed by atoms with E-state index in [2.05, 4.69) is 75.0 Å². The number of nitrogens with zero attached hydrogens (tertiary/aromatic N) is 9. The van der Waals surface area contributed by atoms with Crippen LogP contribution in [-0.4, -0.2) is 100 Å². The fourth-order valence-electron chi connectivity index (χ4n) is 4.57. The van der Waals surface area contributed by atoms with Gasteiger partial charge in [-0.2, -0.15) is 4.39 Å². The Balaban J connectivity index is 0.000000996. The fraction of sp³-hybridized carbons (Fsp3) is 0.0400. The molecule has 0 fully saturated rings. The molecule has 8 heterocycles. The number of primary amides is 1. The van der Waals surface area contributed by atoms with Gasteiger partial charge in [-0.1, -0.05) is 58.0 Å². The van der Waals surface area contributed by atoms with Crippen LogP contribution in [0.5, 0.6) is 0 Å². The van der Waals surface area contributed by atoms with Gasteiger partial charge >= 0.3 is 42.7 Å². The number of hydrogen-bond acceptors (Lipinski definition) is 17. The van der Waals surface area contributed by atoms with Crippen LogP contribution in [-0.2, 0) is 9.47 Å². The van der Waals surface area contributed by atoms with Crippen LogP contribution in [0, 0.1) is 65.6 Å². The van der Waals surface area contributed by atoms with Crippen LogP contribution in [0.2, 0.25) is 25.1 Å². The topological polar surface area (TPSA) is 342 Å². The van der Waals surface area contributed by atoms with Crippen molar-refractivity contribution in [2.24, 2.45) is 5.73 Å². The molecule has 0 aromatic carbocycles. The summed E-state index contributed by atoms with van der Waals surface area (Å²) in [5.74, 6) is -15.3. The first-order valence-electron chi connectivity index (χ1n) is 21.7. The number of pyridine rings is 8. The van der Waals surface area contributed by atoms with Gasteiger partial charge in [-0.25, -0.2) is 83.9 Å². The van der Waals surface area contributed by atoms with Gasteiger partial charge < -0.3 is 40.3 Å². The number of nitrogens with two attached hydrogens (primary N) is 1. The summed E-state index contributed by atoms with van der Waals surface area (Å²) in [5, 5.41) is 27.6. The van der Waals surface area contributed by atoms with Crippen molar-refractivity contribution in [1.82, 2.24) is 39.9 Å². The molecule has 0 aliphatic carbocycles. The number of nitrogens with one attached hydrogen (secondary N) is 1. The van der Waals surface area contributed by atoms with Gasteiger partial charge in [-0.05, 0) is 64.5 Å². The van der Waals surface area contributed by atoms with Gasteiger partial charge in [0.1, 0.15) is 21.9 Å². The van der Waals surface area contributed by atoms with Crippen molar-refractivity contribution in [3.05, 3.63) is 248 Å². The van der Waals surface area contributed by atoms with Crippen LogP contribution in [0.1, 0.15) is 62.8 Å². The van der Waals surface area contributed by atoms with E-state index in [1.807, 2.05) is 0 Å². The molecular weight excluding hydrogens is 1380 g/mol. The van der Waals surface area contributed by atoms with E-state index < -0.39 is 117 Å². The number of carboxylic acid groups (broad SMARTS) is 3. The number of amides is 1. The minimum atomic E-state index is -1.65. The number of rotatable bonds is 6. The number of H-pyrrole nitrogens is 1. The first-order valence-corrected chi connectivity index (χ1v) is 24.3. The standard InChI is InChI=1S/C8H5FN2O2.C7H5ClFNO2.C7H5FN2O3.C7H3FN2O2.C6H3ClFNO2.C5H2BrClFN.C5H2ClF2N.C5H3ClFNO.Li/c1-10-5-3-6(9)7(11-4-5)8(12)13-2;1-12-7(11)6-5(9)2-4(8)3-10-6;8-4-1-3(6(9)11)2-10-5(4)7(12)13;1-9-4-2-5(8)6(7(11)12)10-3-4;7-3-1-4(8)5(6(10)11)9-2-3;6-5-4(8)1-3(7)2-9-5;6-3-1-4(7)5(8)9-2-3;6-3-1-4(7)5(9)8-2-3;/h3-4H,2H3;2-3H,1H3;1-2H,(H2,9,11)(H,12,13);2-3H,(H,11,12);1-2H,(H,10,11);2*1-2H;1-2H,(H,8,9);/q;;;;;;;;+1/p-1. The molecular formula is C50H27BrCl5F9LiN11O12. The van der Waals surface area contributed by atoms with Gasteiger partial charge in [0.2, 0.25) is 23.2 Å². The average molecular weight is 1410 g/mol. The molecule has 8 rings (SSSR count). The predicted octanol–water partition coefficient (Wildman–Crippen LogP) is 7.77. The Morgan fingerprint density at radius 2 is 0.865 bits per heavy atom. The summed E-state index contributed by atoms with van der Waals surface area (Å²) in [6, 6.07) is 7.39. The van der Waals surface area contributed by atoms with Gasteiger partial charge in [0.25, 0.3) is 5.56 Å². The fourth-order valence-corrected chi connectivity index (χ4v) is 5.51. The quantitative estimate of drug-likeness (QED) is 0.0406. The number of esters is 2. The van der Waals surface area contributed by atoms with Crippen LogP contribution >= 0.6 is 73.9 Å². The van der Waals surface area contributed by atoms with E-state index in [0.29, 0.717) is 5.02 Å². The van der Waals surface area contributed by atoms with E-state index in [1.165, 1.54) is 24.7 Å². The molecule has 0 aliphatic rings. The number of hydrogen-bond donors (Lipinski definition) is 4. The summed E-state index contributed by atoms with van der Waals surface area (Å²) in [6.45, 7) is 13.1. The SMILES string of the molecule is COC(=O)c1ncc(Cl)cc1F.Fc1cc(Cl)cnc1Br.Fc1cc(Cl)cnc1F.NC(=O)c1cnc(C(=O)O)c(F)c1.O=C([O-])c1ncc(Cl)cc1F.O=c1[nH]cc(Cl)cc1F.[C-]#[N+]c1cnc(C(=O)O)c(F)c1.[C-]#[N+]c1cnc(C(=O)OC)c(F)c1.[Li+]. The van der Waals surface area contributed by atoms with Crippen molar-refractivity contribution in [3.8, 4) is 0 Å². The second-order valence-electron chi connectivity index (χ2n) is 14.4. The normalized spacial score (nSPS) is 9.34. The van der Waals surface area contributed by atoms with E-state index in [1.54, 1.807) is 0 Å². The minimum Gasteiger partial charge on any atom is -0.543 e. The maximum Gasteiger partial charge on any atom is 1.00 e. The van der Waals surface area contributed by atoms with Crippen molar-refractivity contribution >= 4 is 121 Å². The third kappa shape index (κ3) is 28.8. The predicted molar refractivity (Wildman–Crippen MR) is 291 cm³/mol.